The Balaban J connectivity index is 1.42. The lowest BCUT2D eigenvalue weighted by molar-refractivity contribution is -0.123. The first kappa shape index (κ1) is 21.5. The van der Waals surface area contributed by atoms with E-state index in [0.717, 1.165) is 34.4 Å². The van der Waals surface area contributed by atoms with Gasteiger partial charge in [-0.15, -0.1) is 0 Å². The Morgan fingerprint density at radius 3 is 2.52 bits per heavy atom. The molecule has 2 aromatic carbocycles. The number of aromatic nitrogens is 1. The highest BCUT2D eigenvalue weighted by molar-refractivity contribution is 8.18. The number of aromatic hydroxyl groups is 1. The predicted molar refractivity (Wildman–Crippen MR) is 126 cm³/mol. The van der Waals surface area contributed by atoms with E-state index in [2.05, 4.69) is 0 Å². The van der Waals surface area contributed by atoms with Gasteiger partial charge in [-0.2, -0.15) is 0 Å². The summed E-state index contributed by atoms with van der Waals surface area (Å²) >= 11 is 7.24. The number of hydrogen-bond acceptors (Lipinski definition) is 6. The molecule has 3 heterocycles. The van der Waals surface area contributed by atoms with Crippen LogP contribution < -0.4 is 9.47 Å². The monoisotopic (exact) mass is 482 g/mol. The highest BCUT2D eigenvalue weighted by atomic mass is 35.5. The number of nitrogens with zero attached hydrogens (tertiary/aromatic N) is 2. The van der Waals surface area contributed by atoms with E-state index >= 15 is 0 Å². The molecule has 0 aliphatic carbocycles. The highest BCUT2D eigenvalue weighted by Gasteiger charge is 2.36. The van der Waals surface area contributed by atoms with Gasteiger partial charge >= 0.3 is 0 Å². The number of phenolic OH excluding ortho intramolecular Hbond substituents is 1. The number of carbonyl (C=O) groups excluding carboxylic acids is 2. The zero-order chi connectivity index (χ0) is 23.3. The summed E-state index contributed by atoms with van der Waals surface area (Å²) < 4.78 is 12.7. The van der Waals surface area contributed by atoms with Crippen molar-refractivity contribution in [3.05, 3.63) is 74.9 Å². The first-order valence-electron chi connectivity index (χ1n) is 10.1. The van der Waals surface area contributed by atoms with Gasteiger partial charge in [0.25, 0.3) is 11.1 Å². The number of carbonyl (C=O) groups is 2. The van der Waals surface area contributed by atoms with Crippen LogP contribution in [0.5, 0.6) is 17.2 Å². The van der Waals surface area contributed by atoms with Gasteiger partial charge in [0.2, 0.25) is 6.79 Å². The van der Waals surface area contributed by atoms with Crippen molar-refractivity contribution in [2.24, 2.45) is 0 Å². The van der Waals surface area contributed by atoms with Crippen LogP contribution in [0.2, 0.25) is 5.02 Å². The average molecular weight is 483 g/mol. The zero-order valence-corrected chi connectivity index (χ0v) is 19.4. The third kappa shape index (κ3) is 3.85. The molecular formula is C24H19ClN2O5S. The van der Waals surface area contributed by atoms with Crippen LogP contribution in [0.1, 0.15) is 22.5 Å². The van der Waals surface area contributed by atoms with Crippen molar-refractivity contribution < 1.29 is 24.2 Å². The number of hydrogen-bond donors (Lipinski definition) is 1. The van der Waals surface area contributed by atoms with E-state index in [-0.39, 0.29) is 30.2 Å². The lowest BCUT2D eigenvalue weighted by Crippen LogP contribution is -2.27. The molecule has 7 nitrogen and oxygen atoms in total. The predicted octanol–water partition coefficient (Wildman–Crippen LogP) is 5.42. The van der Waals surface area contributed by atoms with Gasteiger partial charge in [0, 0.05) is 28.2 Å². The maximum Gasteiger partial charge on any atom is 0.293 e. The van der Waals surface area contributed by atoms with E-state index < -0.39 is 0 Å². The Bertz CT molecular complexity index is 1330. The van der Waals surface area contributed by atoms with Crippen LogP contribution in [0.25, 0.3) is 11.8 Å². The van der Waals surface area contributed by atoms with Crippen molar-refractivity contribution in [1.82, 2.24) is 9.47 Å². The molecule has 3 aromatic rings. The quantitative estimate of drug-likeness (QED) is 0.500. The van der Waals surface area contributed by atoms with E-state index in [4.69, 9.17) is 21.1 Å². The molecule has 0 unspecified atom stereocenters. The normalized spacial score (nSPS) is 16.3. The van der Waals surface area contributed by atoms with Crippen molar-refractivity contribution in [2.45, 2.75) is 20.4 Å². The van der Waals surface area contributed by atoms with Crippen LogP contribution >= 0.6 is 23.4 Å². The van der Waals surface area contributed by atoms with Crippen LogP contribution in [0, 0.1) is 13.8 Å². The number of halogens is 1. The lowest BCUT2D eigenvalue weighted by Gasteiger charge is -2.14. The maximum absolute atomic E-state index is 13.1. The van der Waals surface area contributed by atoms with Crippen molar-refractivity contribution in [2.75, 3.05) is 6.79 Å². The number of aryl methyl sites for hydroxylation is 1. The molecule has 1 aromatic heterocycles. The Labute approximate surface area is 199 Å². The fourth-order valence-corrected chi connectivity index (χ4v) is 5.00. The fraction of sp³-hybridized carbons (Fsp3) is 0.167. The minimum Gasteiger partial charge on any atom is -0.508 e. The molecule has 0 spiro atoms. The van der Waals surface area contributed by atoms with E-state index in [1.165, 1.54) is 4.90 Å². The largest absolute Gasteiger partial charge is 0.508 e. The number of phenols is 1. The molecule has 5 rings (SSSR count). The molecule has 2 aliphatic rings. The lowest BCUT2D eigenvalue weighted by atomic mass is 10.2. The fourth-order valence-electron chi connectivity index (χ4n) is 3.96. The van der Waals surface area contributed by atoms with Crippen molar-refractivity contribution in [3.8, 4) is 22.9 Å². The van der Waals surface area contributed by atoms with Crippen LogP contribution in [-0.4, -0.2) is 32.5 Å². The number of imide groups is 1. The van der Waals surface area contributed by atoms with Gasteiger partial charge in [-0.3, -0.25) is 14.5 Å². The number of thioether (sulfide) groups is 1. The van der Waals surface area contributed by atoms with Crippen LogP contribution in [0.15, 0.2) is 47.4 Å². The van der Waals surface area contributed by atoms with Gasteiger partial charge in [0.15, 0.2) is 11.5 Å². The second-order valence-electron chi connectivity index (χ2n) is 7.74. The van der Waals surface area contributed by atoms with Crippen molar-refractivity contribution in [1.29, 1.82) is 0 Å². The Morgan fingerprint density at radius 1 is 1.09 bits per heavy atom. The molecule has 0 bridgehead atoms. The molecule has 1 fully saturated rings. The zero-order valence-electron chi connectivity index (χ0n) is 17.8. The van der Waals surface area contributed by atoms with Crippen LogP contribution in [-0.2, 0) is 11.3 Å². The third-order valence-electron chi connectivity index (χ3n) is 5.61. The number of ether oxygens (including phenoxy) is 2. The molecule has 33 heavy (non-hydrogen) atoms. The summed E-state index contributed by atoms with van der Waals surface area (Å²) in [7, 11) is 0. The molecule has 2 aliphatic heterocycles. The SMILES string of the molecule is Cc1cc(/C=C2\SC(=O)N(Cc3cc4c(cc3Cl)OCO4)C2=O)c(C)n1-c1ccc(O)cc1. The number of amides is 2. The first-order valence-corrected chi connectivity index (χ1v) is 11.3. The average Bonchev–Trinajstić information content (AvgIpc) is 3.42. The Morgan fingerprint density at radius 2 is 1.79 bits per heavy atom. The standard InChI is InChI=1S/C24H19ClN2O5S/c1-13-7-15(14(2)27(13)17-3-5-18(28)6-4-17)9-22-23(29)26(24(30)33-22)11-16-8-20-21(10-19(16)25)32-12-31-20/h3-10,28H,11-12H2,1-2H3/b22-9-. The molecule has 1 saturated heterocycles. The number of benzene rings is 2. The smallest absolute Gasteiger partial charge is 0.293 e. The molecule has 0 saturated carbocycles. The van der Waals surface area contributed by atoms with Gasteiger partial charge in [-0.25, -0.2) is 0 Å². The minimum absolute atomic E-state index is 0.0456. The van der Waals surface area contributed by atoms with Gasteiger partial charge < -0.3 is 19.1 Å². The van der Waals surface area contributed by atoms with Crippen molar-refractivity contribution in [3.63, 3.8) is 0 Å². The van der Waals surface area contributed by atoms with Crippen LogP contribution in [0.4, 0.5) is 4.79 Å². The first-order chi connectivity index (χ1) is 15.8. The highest BCUT2D eigenvalue weighted by Crippen LogP contribution is 2.39. The summed E-state index contributed by atoms with van der Waals surface area (Å²) in [5.41, 5.74) is 4.23. The third-order valence-corrected chi connectivity index (χ3v) is 6.87. The van der Waals surface area contributed by atoms with Gasteiger partial charge in [0.1, 0.15) is 5.75 Å². The van der Waals surface area contributed by atoms with E-state index in [1.807, 2.05) is 36.6 Å². The molecule has 168 valence electrons. The summed E-state index contributed by atoms with van der Waals surface area (Å²) in [4.78, 5) is 27.2. The summed E-state index contributed by atoms with van der Waals surface area (Å²) in [6, 6.07) is 12.2. The van der Waals surface area contributed by atoms with Gasteiger partial charge in [0.05, 0.1) is 11.4 Å². The summed E-state index contributed by atoms with van der Waals surface area (Å²) in [5.74, 6) is 0.909. The molecule has 2 amide bonds. The summed E-state index contributed by atoms with van der Waals surface area (Å²) in [6.07, 6.45) is 1.74. The van der Waals surface area contributed by atoms with E-state index in [9.17, 15) is 14.7 Å². The number of fused-ring (bicyclic) bond motifs is 1. The summed E-state index contributed by atoms with van der Waals surface area (Å²) in [5, 5.41) is 9.62. The second-order valence-corrected chi connectivity index (χ2v) is 9.14. The number of rotatable bonds is 4. The molecule has 0 radical (unpaired) electrons. The molecule has 1 N–H and O–H groups in total. The topological polar surface area (TPSA) is 81.0 Å². The maximum atomic E-state index is 13.1. The minimum atomic E-state index is -0.367. The Kier molecular flexibility index (Phi) is 5.34. The second kappa shape index (κ2) is 8.20. The Hall–Kier alpha value is -3.36. The van der Waals surface area contributed by atoms with Gasteiger partial charge in [-0.05, 0) is 79.2 Å². The van der Waals surface area contributed by atoms with Crippen molar-refractivity contribution >= 4 is 40.6 Å². The van der Waals surface area contributed by atoms with Gasteiger partial charge in [-0.1, -0.05) is 11.6 Å². The van der Waals surface area contributed by atoms with E-state index in [0.29, 0.717) is 27.0 Å². The molecule has 0 atom stereocenters. The molecular weight excluding hydrogens is 464 g/mol. The molecule has 9 heteroatoms. The van der Waals surface area contributed by atoms with E-state index in [1.54, 1.807) is 30.3 Å². The summed E-state index contributed by atoms with van der Waals surface area (Å²) in [6.45, 7) is 4.07. The van der Waals surface area contributed by atoms with Crippen LogP contribution in [0.3, 0.4) is 0 Å².